The van der Waals surface area contributed by atoms with Crippen molar-refractivity contribution in [1.82, 2.24) is 15.0 Å². The Morgan fingerprint density at radius 1 is 1.00 bits per heavy atom. The van der Waals surface area contributed by atoms with E-state index >= 15 is 0 Å². The number of thiophene rings is 1. The Balaban J connectivity index is 1.12. The molecule has 0 saturated heterocycles. The maximum absolute atomic E-state index is 13.8. The number of aryl methyl sites for hydroxylation is 2. The van der Waals surface area contributed by atoms with Gasteiger partial charge in [0.25, 0.3) is 11.5 Å². The minimum absolute atomic E-state index is 0.0689. The minimum atomic E-state index is -0.284. The summed E-state index contributed by atoms with van der Waals surface area (Å²) in [7, 11) is 0. The third kappa shape index (κ3) is 6.26. The molecule has 2 heterocycles. The summed E-state index contributed by atoms with van der Waals surface area (Å²) >= 11 is 2.84. The van der Waals surface area contributed by atoms with Crippen LogP contribution >= 0.6 is 23.1 Å². The molecular formula is C32H28N4O3S2. The number of thioether (sulfide) groups is 1. The van der Waals surface area contributed by atoms with E-state index in [1.54, 1.807) is 22.1 Å². The molecule has 1 aliphatic carbocycles. The summed E-state index contributed by atoms with van der Waals surface area (Å²) in [5, 5.41) is 5.33. The second-order valence-electron chi connectivity index (χ2n) is 9.69. The van der Waals surface area contributed by atoms with Crippen molar-refractivity contribution in [1.29, 1.82) is 0 Å². The standard InChI is InChI=1S/C32H28N4O3S2/c37-28(35-33-19-22-15-17-25(18-16-22)39-20-23-9-3-1-4-10-23)21-40-32-34-30-29(26-13-7-8-14-27(26)41-30)31(38)36(32)24-11-5-2-6-12-24/h1-6,9-12,15-19H,7-8,13-14,20-21H2,(H,35,37)/b33-19-. The smallest absolute Gasteiger partial charge is 0.267 e. The van der Waals surface area contributed by atoms with Crippen LogP contribution in [0, 0.1) is 0 Å². The molecule has 0 fully saturated rings. The van der Waals surface area contributed by atoms with E-state index in [-0.39, 0.29) is 17.2 Å². The van der Waals surface area contributed by atoms with Gasteiger partial charge in [-0.2, -0.15) is 5.10 Å². The molecule has 0 atom stereocenters. The number of ether oxygens (including phenoxy) is 1. The highest BCUT2D eigenvalue weighted by Crippen LogP contribution is 2.35. The molecule has 1 aliphatic rings. The Bertz CT molecular complexity index is 1750. The summed E-state index contributed by atoms with van der Waals surface area (Å²) in [6.45, 7) is 0.497. The Labute approximate surface area is 245 Å². The molecule has 9 heteroatoms. The van der Waals surface area contributed by atoms with Crippen LogP contribution in [0.15, 0.2) is 100.0 Å². The molecule has 0 saturated carbocycles. The highest BCUT2D eigenvalue weighted by Gasteiger charge is 2.23. The Hall–Kier alpha value is -4.21. The summed E-state index contributed by atoms with van der Waals surface area (Å²) in [6, 6.07) is 27.0. The zero-order valence-corrected chi connectivity index (χ0v) is 23.9. The molecule has 1 amide bonds. The van der Waals surface area contributed by atoms with E-state index in [0.717, 1.165) is 64.0 Å². The fourth-order valence-electron chi connectivity index (χ4n) is 4.82. The first kappa shape index (κ1) is 27.0. The van der Waals surface area contributed by atoms with Gasteiger partial charge in [-0.15, -0.1) is 11.3 Å². The molecule has 1 N–H and O–H groups in total. The lowest BCUT2D eigenvalue weighted by atomic mass is 9.97. The minimum Gasteiger partial charge on any atom is -0.489 e. The molecule has 0 bridgehead atoms. The van der Waals surface area contributed by atoms with Gasteiger partial charge in [-0.05, 0) is 78.8 Å². The molecule has 0 spiro atoms. The fourth-order valence-corrected chi connectivity index (χ4v) is 6.93. The number of fused-ring (bicyclic) bond motifs is 3. The number of hydrogen-bond donors (Lipinski definition) is 1. The number of carbonyl (C=O) groups is 1. The second-order valence-corrected chi connectivity index (χ2v) is 11.7. The second kappa shape index (κ2) is 12.5. The third-order valence-corrected chi connectivity index (χ3v) is 8.96. The lowest BCUT2D eigenvalue weighted by molar-refractivity contribution is -0.118. The first-order chi connectivity index (χ1) is 20.2. The van der Waals surface area contributed by atoms with Crippen molar-refractivity contribution in [2.24, 2.45) is 5.10 Å². The maximum Gasteiger partial charge on any atom is 0.267 e. The first-order valence-electron chi connectivity index (χ1n) is 13.5. The third-order valence-electron chi connectivity index (χ3n) is 6.84. The largest absolute Gasteiger partial charge is 0.489 e. The van der Waals surface area contributed by atoms with Crippen LogP contribution in [0.3, 0.4) is 0 Å². The van der Waals surface area contributed by atoms with Gasteiger partial charge in [0.2, 0.25) is 0 Å². The van der Waals surface area contributed by atoms with Crippen molar-refractivity contribution < 1.29 is 9.53 Å². The summed E-state index contributed by atoms with van der Waals surface area (Å²) in [4.78, 5) is 33.3. The number of hydrazone groups is 1. The summed E-state index contributed by atoms with van der Waals surface area (Å²) < 4.78 is 7.45. The highest BCUT2D eigenvalue weighted by molar-refractivity contribution is 7.99. The Morgan fingerprint density at radius 3 is 2.51 bits per heavy atom. The number of rotatable bonds is 9. The number of hydrogen-bond acceptors (Lipinski definition) is 7. The van der Waals surface area contributed by atoms with Crippen LogP contribution in [-0.4, -0.2) is 27.4 Å². The number of benzene rings is 3. The van der Waals surface area contributed by atoms with Crippen molar-refractivity contribution in [3.8, 4) is 11.4 Å². The van der Waals surface area contributed by atoms with Crippen molar-refractivity contribution in [3.63, 3.8) is 0 Å². The number of carbonyl (C=O) groups excluding carboxylic acids is 1. The molecule has 206 valence electrons. The lowest BCUT2D eigenvalue weighted by Gasteiger charge is -2.13. The predicted molar refractivity (Wildman–Crippen MR) is 166 cm³/mol. The number of nitrogens with one attached hydrogen (secondary N) is 1. The number of para-hydroxylation sites is 1. The van der Waals surface area contributed by atoms with Crippen molar-refractivity contribution in [2.75, 3.05) is 5.75 Å². The normalized spacial score (nSPS) is 12.9. The zero-order chi connectivity index (χ0) is 28.0. The van der Waals surface area contributed by atoms with E-state index in [2.05, 4.69) is 10.5 Å². The predicted octanol–water partition coefficient (Wildman–Crippen LogP) is 6.15. The SMILES string of the molecule is O=C(CSc1nc2sc3c(c2c(=O)n1-c1ccccc1)CCCC3)N/N=C\c1ccc(OCc2ccccc2)cc1. The monoisotopic (exact) mass is 580 g/mol. The van der Waals surface area contributed by atoms with Crippen LogP contribution in [0.1, 0.15) is 34.4 Å². The molecule has 6 rings (SSSR count). The number of aromatic nitrogens is 2. The van der Waals surface area contributed by atoms with Crippen LogP contribution in [-0.2, 0) is 24.2 Å². The summed E-state index contributed by atoms with van der Waals surface area (Å²) in [6.07, 6.45) is 5.73. The molecular weight excluding hydrogens is 553 g/mol. The molecule has 0 aliphatic heterocycles. The van der Waals surface area contributed by atoms with Gasteiger partial charge >= 0.3 is 0 Å². The van der Waals surface area contributed by atoms with Crippen LogP contribution in [0.2, 0.25) is 0 Å². The van der Waals surface area contributed by atoms with Crippen LogP contribution in [0.25, 0.3) is 15.9 Å². The Kier molecular flexibility index (Phi) is 8.25. The van der Waals surface area contributed by atoms with Crippen molar-refractivity contribution >= 4 is 45.4 Å². The van der Waals surface area contributed by atoms with Gasteiger partial charge in [0, 0.05) is 4.88 Å². The van der Waals surface area contributed by atoms with Crippen molar-refractivity contribution in [3.05, 3.63) is 117 Å². The van der Waals surface area contributed by atoms with E-state index in [9.17, 15) is 9.59 Å². The van der Waals surface area contributed by atoms with E-state index in [1.807, 2.05) is 84.9 Å². The zero-order valence-electron chi connectivity index (χ0n) is 22.3. The fraction of sp³-hybridized carbons (Fsp3) is 0.188. The molecule has 3 aromatic carbocycles. The van der Waals surface area contributed by atoms with Gasteiger partial charge in [-0.25, -0.2) is 10.4 Å². The average molecular weight is 581 g/mol. The lowest BCUT2D eigenvalue weighted by Crippen LogP contribution is -2.24. The van der Waals surface area contributed by atoms with Crippen molar-refractivity contribution in [2.45, 2.75) is 37.4 Å². The van der Waals surface area contributed by atoms with Crippen LogP contribution in [0.5, 0.6) is 5.75 Å². The van der Waals surface area contributed by atoms with E-state index in [0.29, 0.717) is 11.8 Å². The quantitative estimate of drug-likeness (QED) is 0.0979. The molecule has 5 aromatic rings. The molecule has 0 unspecified atom stereocenters. The average Bonchev–Trinajstić information content (AvgIpc) is 3.39. The topological polar surface area (TPSA) is 85.6 Å². The summed E-state index contributed by atoms with van der Waals surface area (Å²) in [5.74, 6) is 0.542. The molecule has 7 nitrogen and oxygen atoms in total. The summed E-state index contributed by atoms with van der Waals surface area (Å²) in [5.41, 5.74) is 6.33. The van der Waals surface area contributed by atoms with Gasteiger partial charge in [-0.1, -0.05) is 60.3 Å². The molecule has 2 aromatic heterocycles. The first-order valence-corrected chi connectivity index (χ1v) is 15.3. The Morgan fingerprint density at radius 2 is 1.73 bits per heavy atom. The van der Waals surface area contributed by atoms with Gasteiger partial charge in [0.05, 0.1) is 23.0 Å². The van der Waals surface area contributed by atoms with Gasteiger partial charge in [0.1, 0.15) is 17.2 Å². The number of amides is 1. The highest BCUT2D eigenvalue weighted by atomic mass is 32.2. The van der Waals surface area contributed by atoms with Gasteiger partial charge in [-0.3, -0.25) is 14.2 Å². The molecule has 0 radical (unpaired) electrons. The van der Waals surface area contributed by atoms with Crippen LogP contribution < -0.4 is 15.7 Å². The molecule has 41 heavy (non-hydrogen) atoms. The van der Waals surface area contributed by atoms with E-state index < -0.39 is 0 Å². The maximum atomic E-state index is 13.8. The van der Waals surface area contributed by atoms with Gasteiger partial charge < -0.3 is 4.74 Å². The van der Waals surface area contributed by atoms with Gasteiger partial charge in [0.15, 0.2) is 5.16 Å². The van der Waals surface area contributed by atoms with Crippen LogP contribution in [0.4, 0.5) is 0 Å². The van der Waals surface area contributed by atoms with E-state index in [4.69, 9.17) is 9.72 Å². The number of nitrogens with zero attached hydrogens (tertiary/aromatic N) is 3. The van der Waals surface area contributed by atoms with E-state index in [1.165, 1.54) is 16.6 Å².